The fourth-order valence-corrected chi connectivity index (χ4v) is 2.45. The Balaban J connectivity index is 2.05. The minimum Gasteiger partial charge on any atom is -0.372 e. The molecular weight excluding hydrogens is 252 g/mol. The lowest BCUT2D eigenvalue weighted by molar-refractivity contribution is 0.249. The molecule has 0 bridgehead atoms. The molecule has 1 saturated heterocycles. The number of nitrogens with two attached hydrogens (primary N) is 1. The highest BCUT2D eigenvalue weighted by Gasteiger charge is 2.09. The van der Waals surface area contributed by atoms with Crippen LogP contribution in [0.4, 0.5) is 10.5 Å². The molecule has 5 heteroatoms. The second-order valence-corrected chi connectivity index (χ2v) is 5.12. The molecule has 1 fully saturated rings. The molecule has 2 rings (SSSR count). The van der Waals surface area contributed by atoms with Crippen LogP contribution in [0.5, 0.6) is 0 Å². The molecular formula is C15H22N4O. The molecule has 20 heavy (non-hydrogen) atoms. The van der Waals surface area contributed by atoms with Crippen LogP contribution in [-0.2, 0) is 0 Å². The number of rotatable bonds is 3. The lowest BCUT2D eigenvalue weighted by Crippen LogP contribution is -2.25. The minimum absolute atomic E-state index is 0.648. The third-order valence-corrected chi connectivity index (χ3v) is 3.59. The zero-order valence-corrected chi connectivity index (χ0v) is 11.9. The van der Waals surface area contributed by atoms with E-state index in [9.17, 15) is 4.79 Å². The van der Waals surface area contributed by atoms with Gasteiger partial charge in [0.1, 0.15) is 0 Å². The van der Waals surface area contributed by atoms with E-state index >= 15 is 0 Å². The molecule has 2 amide bonds. The zero-order valence-electron chi connectivity index (χ0n) is 11.9. The number of hydrogen-bond donors (Lipinski definition) is 2. The van der Waals surface area contributed by atoms with Crippen LogP contribution in [-0.4, -0.2) is 24.8 Å². The molecule has 1 aromatic rings. The first-order valence-corrected chi connectivity index (χ1v) is 7.12. The highest BCUT2D eigenvalue weighted by Crippen LogP contribution is 2.20. The predicted octanol–water partition coefficient (Wildman–Crippen LogP) is 2.46. The van der Waals surface area contributed by atoms with Gasteiger partial charge in [-0.2, -0.15) is 5.10 Å². The van der Waals surface area contributed by atoms with Gasteiger partial charge in [-0.3, -0.25) is 0 Å². The number of nitrogens with zero attached hydrogens (tertiary/aromatic N) is 2. The van der Waals surface area contributed by atoms with Crippen molar-refractivity contribution in [2.75, 3.05) is 18.0 Å². The van der Waals surface area contributed by atoms with Gasteiger partial charge < -0.3 is 10.6 Å². The van der Waals surface area contributed by atoms with Crippen molar-refractivity contribution in [1.82, 2.24) is 5.43 Å². The number of hydrazone groups is 1. The van der Waals surface area contributed by atoms with Gasteiger partial charge in [0.05, 0.1) is 5.71 Å². The summed E-state index contributed by atoms with van der Waals surface area (Å²) in [6.07, 6.45) is 5.20. The van der Waals surface area contributed by atoms with Crippen LogP contribution in [0.15, 0.2) is 29.4 Å². The van der Waals surface area contributed by atoms with E-state index in [1.165, 1.54) is 31.4 Å². The van der Waals surface area contributed by atoms with Crippen LogP contribution in [0.2, 0.25) is 0 Å². The van der Waals surface area contributed by atoms with Gasteiger partial charge in [-0.25, -0.2) is 10.2 Å². The summed E-state index contributed by atoms with van der Waals surface area (Å²) in [7, 11) is 0. The standard InChI is InChI=1S/C15H22N4O/c1-12(17-18-15(16)20)13-6-8-14(9-7-13)19-10-4-2-3-5-11-19/h6-9H,2-5,10-11H2,1H3,(H3,16,18,20)/b17-12-. The van der Waals surface area contributed by atoms with Crippen molar-refractivity contribution in [3.63, 3.8) is 0 Å². The topological polar surface area (TPSA) is 70.7 Å². The monoisotopic (exact) mass is 274 g/mol. The van der Waals surface area contributed by atoms with E-state index in [0.717, 1.165) is 24.4 Å². The van der Waals surface area contributed by atoms with Gasteiger partial charge in [-0.1, -0.05) is 25.0 Å². The Morgan fingerprint density at radius 1 is 1.15 bits per heavy atom. The average molecular weight is 274 g/mol. The van der Waals surface area contributed by atoms with E-state index in [1.54, 1.807) is 0 Å². The van der Waals surface area contributed by atoms with Gasteiger partial charge >= 0.3 is 6.03 Å². The lowest BCUT2D eigenvalue weighted by atomic mass is 10.1. The third-order valence-electron chi connectivity index (χ3n) is 3.59. The Morgan fingerprint density at radius 2 is 1.75 bits per heavy atom. The number of anilines is 1. The molecule has 108 valence electrons. The summed E-state index contributed by atoms with van der Waals surface area (Å²) in [6.45, 7) is 4.11. The van der Waals surface area contributed by atoms with E-state index in [-0.39, 0.29) is 0 Å². The first kappa shape index (κ1) is 14.4. The molecule has 3 N–H and O–H groups in total. The molecule has 0 aromatic heterocycles. The van der Waals surface area contributed by atoms with Gasteiger partial charge in [0.15, 0.2) is 0 Å². The van der Waals surface area contributed by atoms with E-state index in [2.05, 4.69) is 27.6 Å². The Labute approximate surface area is 119 Å². The van der Waals surface area contributed by atoms with E-state index in [0.29, 0.717) is 0 Å². The quantitative estimate of drug-likeness (QED) is 0.656. The fraction of sp³-hybridized carbons (Fsp3) is 0.467. The number of nitrogens with one attached hydrogen (secondary N) is 1. The Hall–Kier alpha value is -2.04. The minimum atomic E-state index is -0.648. The number of amides is 2. The summed E-state index contributed by atoms with van der Waals surface area (Å²) >= 11 is 0. The Kier molecular flexibility index (Phi) is 4.98. The van der Waals surface area contributed by atoms with Gasteiger partial charge in [0.2, 0.25) is 0 Å². The van der Waals surface area contributed by atoms with Crippen LogP contribution in [0.3, 0.4) is 0 Å². The van der Waals surface area contributed by atoms with Gasteiger partial charge in [0, 0.05) is 18.8 Å². The van der Waals surface area contributed by atoms with Crippen LogP contribution < -0.4 is 16.1 Å². The summed E-state index contributed by atoms with van der Waals surface area (Å²) in [5.74, 6) is 0. The molecule has 1 aliphatic rings. The van der Waals surface area contributed by atoms with Crippen molar-refractivity contribution < 1.29 is 4.79 Å². The maximum Gasteiger partial charge on any atom is 0.332 e. The molecule has 0 saturated carbocycles. The summed E-state index contributed by atoms with van der Waals surface area (Å²) in [5, 5.41) is 3.93. The molecule has 0 radical (unpaired) electrons. The predicted molar refractivity (Wildman–Crippen MR) is 82.1 cm³/mol. The molecule has 1 heterocycles. The normalized spacial score (nSPS) is 16.6. The summed E-state index contributed by atoms with van der Waals surface area (Å²) < 4.78 is 0. The van der Waals surface area contributed by atoms with Crippen molar-refractivity contribution in [3.8, 4) is 0 Å². The van der Waals surface area contributed by atoms with Crippen LogP contribution in [0.1, 0.15) is 38.2 Å². The second-order valence-electron chi connectivity index (χ2n) is 5.12. The number of benzene rings is 1. The third kappa shape index (κ3) is 3.98. The lowest BCUT2D eigenvalue weighted by Gasteiger charge is -2.22. The molecule has 1 aromatic carbocycles. The molecule has 5 nitrogen and oxygen atoms in total. The summed E-state index contributed by atoms with van der Waals surface area (Å²) in [4.78, 5) is 13.1. The van der Waals surface area contributed by atoms with Crippen molar-refractivity contribution in [2.24, 2.45) is 10.8 Å². The van der Waals surface area contributed by atoms with Crippen molar-refractivity contribution in [1.29, 1.82) is 0 Å². The number of hydrogen-bond acceptors (Lipinski definition) is 3. The van der Waals surface area contributed by atoms with E-state index < -0.39 is 6.03 Å². The van der Waals surface area contributed by atoms with E-state index in [4.69, 9.17) is 5.73 Å². The Bertz CT molecular complexity index is 473. The smallest absolute Gasteiger partial charge is 0.332 e. The number of carbonyl (C=O) groups excluding carboxylic acids is 1. The molecule has 1 aliphatic heterocycles. The molecule has 0 unspecified atom stereocenters. The largest absolute Gasteiger partial charge is 0.372 e. The number of carbonyl (C=O) groups is 1. The maximum atomic E-state index is 10.6. The number of primary amides is 1. The first-order chi connectivity index (χ1) is 9.66. The van der Waals surface area contributed by atoms with Gasteiger partial charge in [-0.05, 0) is 37.5 Å². The van der Waals surface area contributed by atoms with Crippen molar-refractivity contribution in [3.05, 3.63) is 29.8 Å². The highest BCUT2D eigenvalue weighted by atomic mass is 16.2. The van der Waals surface area contributed by atoms with Gasteiger partial charge in [-0.15, -0.1) is 0 Å². The Morgan fingerprint density at radius 3 is 2.30 bits per heavy atom. The average Bonchev–Trinajstić information content (AvgIpc) is 2.74. The molecule has 0 aliphatic carbocycles. The van der Waals surface area contributed by atoms with Crippen molar-refractivity contribution in [2.45, 2.75) is 32.6 Å². The van der Waals surface area contributed by atoms with Gasteiger partial charge in [0.25, 0.3) is 0 Å². The summed E-state index contributed by atoms with van der Waals surface area (Å²) in [5.41, 5.74) is 10.2. The summed E-state index contributed by atoms with van der Waals surface area (Å²) in [6, 6.07) is 7.64. The SMILES string of the molecule is C/C(=N/NC(N)=O)c1ccc(N2CCCCCC2)cc1. The molecule has 0 atom stereocenters. The molecule has 0 spiro atoms. The van der Waals surface area contributed by atoms with E-state index in [1.807, 2.05) is 19.1 Å². The zero-order chi connectivity index (χ0) is 14.4. The van der Waals surface area contributed by atoms with Crippen LogP contribution in [0.25, 0.3) is 0 Å². The first-order valence-electron chi connectivity index (χ1n) is 7.12. The van der Waals surface area contributed by atoms with Crippen molar-refractivity contribution >= 4 is 17.4 Å². The van der Waals surface area contributed by atoms with Crippen LogP contribution in [0, 0.1) is 0 Å². The highest BCUT2D eigenvalue weighted by molar-refractivity contribution is 5.99. The number of urea groups is 1. The van der Waals surface area contributed by atoms with Crippen LogP contribution >= 0.6 is 0 Å². The maximum absolute atomic E-state index is 10.6. The second kappa shape index (κ2) is 6.93. The fourth-order valence-electron chi connectivity index (χ4n) is 2.45.